The van der Waals surface area contributed by atoms with E-state index in [1.165, 1.54) is 19.3 Å². The Morgan fingerprint density at radius 2 is 1.64 bits per heavy atom. The topological polar surface area (TPSA) is 50.6 Å². The van der Waals surface area contributed by atoms with Crippen molar-refractivity contribution in [2.75, 3.05) is 26.7 Å². The zero-order valence-electron chi connectivity index (χ0n) is 27.6. The van der Waals surface area contributed by atoms with Crippen LogP contribution >= 0.6 is 12.2 Å². The van der Waals surface area contributed by atoms with Crippen molar-refractivity contribution >= 4 is 29.0 Å². The second-order valence-corrected chi connectivity index (χ2v) is 12.9. The molecule has 1 fully saturated rings. The summed E-state index contributed by atoms with van der Waals surface area (Å²) in [5, 5.41) is 0.907. The number of ether oxygens (including phenoxy) is 1. The number of methoxy groups -OCH3 is 1. The maximum absolute atomic E-state index is 14.3. The van der Waals surface area contributed by atoms with Crippen LogP contribution in [0.5, 0.6) is 5.75 Å². The molecule has 1 aliphatic rings. The Bertz CT molecular complexity index is 1850. The lowest BCUT2D eigenvalue weighted by atomic mass is 10.0. The highest BCUT2D eigenvalue weighted by Crippen LogP contribution is 2.29. The molecule has 0 spiro atoms. The molecule has 0 bridgehead atoms. The summed E-state index contributed by atoms with van der Waals surface area (Å²) in [6.45, 7) is 7.15. The van der Waals surface area contributed by atoms with Crippen molar-refractivity contribution < 1.29 is 9.53 Å². The van der Waals surface area contributed by atoms with Gasteiger partial charge in [0.25, 0.3) is 0 Å². The minimum atomic E-state index is -0.321. The molecule has 1 amide bonds. The molecule has 0 aliphatic carbocycles. The number of carbonyl (C=O) groups is 1. The molecule has 1 aromatic heterocycles. The standard InChI is InChI=1S/C40H44N4O2S/c1-29-12-9-10-25-42(29)26-11-27-43(38(45)28-31-17-19-33(20-18-31)32-13-5-4-6-14-32)30(2)39-41-37-16-8-7-15-36(37)40(47)44(39)34-21-23-35(46-3)24-22-34/h4-8,13-24,29-30H,9-12,25-28H2,1-3H3. The highest BCUT2D eigenvalue weighted by atomic mass is 32.1. The third-order valence-electron chi connectivity index (χ3n) is 9.50. The number of aromatic nitrogens is 2. The van der Waals surface area contributed by atoms with Crippen molar-refractivity contribution in [1.82, 2.24) is 19.4 Å². The summed E-state index contributed by atoms with van der Waals surface area (Å²) < 4.78 is 8.14. The van der Waals surface area contributed by atoms with Crippen molar-refractivity contribution in [3.8, 4) is 22.6 Å². The lowest BCUT2D eigenvalue weighted by Crippen LogP contribution is -2.41. The molecule has 6 nitrogen and oxygen atoms in total. The first-order valence-corrected chi connectivity index (χ1v) is 17.2. The number of hydrogen-bond donors (Lipinski definition) is 0. The first-order valence-electron chi connectivity index (χ1n) is 16.8. The normalized spacial score (nSPS) is 15.8. The predicted molar refractivity (Wildman–Crippen MR) is 194 cm³/mol. The number of carbonyl (C=O) groups excluding carboxylic acids is 1. The Hall–Kier alpha value is -4.33. The molecule has 242 valence electrons. The highest BCUT2D eigenvalue weighted by Gasteiger charge is 2.27. The van der Waals surface area contributed by atoms with E-state index in [1.807, 2.05) is 76.2 Å². The van der Waals surface area contributed by atoms with Crippen LogP contribution in [0, 0.1) is 4.64 Å². The van der Waals surface area contributed by atoms with Crippen LogP contribution in [-0.4, -0.2) is 58.0 Å². The van der Waals surface area contributed by atoms with E-state index < -0.39 is 0 Å². The van der Waals surface area contributed by atoms with Gasteiger partial charge in [-0.05, 0) is 92.7 Å². The largest absolute Gasteiger partial charge is 0.497 e. The maximum Gasteiger partial charge on any atom is 0.227 e. The van der Waals surface area contributed by atoms with Gasteiger partial charge in [0, 0.05) is 30.2 Å². The number of benzene rings is 4. The van der Waals surface area contributed by atoms with Crippen LogP contribution in [0.1, 0.15) is 57.0 Å². The average molecular weight is 645 g/mol. The minimum Gasteiger partial charge on any atom is -0.497 e. The van der Waals surface area contributed by atoms with Crippen molar-refractivity contribution in [1.29, 1.82) is 0 Å². The summed E-state index contributed by atoms with van der Waals surface area (Å²) in [6.07, 6.45) is 4.99. The lowest BCUT2D eigenvalue weighted by Gasteiger charge is -2.35. The van der Waals surface area contributed by atoms with Gasteiger partial charge in [-0.15, -0.1) is 0 Å². The van der Waals surface area contributed by atoms with E-state index in [0.29, 0.717) is 23.6 Å². The van der Waals surface area contributed by atoms with Gasteiger partial charge in [-0.2, -0.15) is 0 Å². The highest BCUT2D eigenvalue weighted by molar-refractivity contribution is 7.71. The number of fused-ring (bicyclic) bond motifs is 1. The third-order valence-corrected chi connectivity index (χ3v) is 9.90. The van der Waals surface area contributed by atoms with Gasteiger partial charge in [0.1, 0.15) is 16.2 Å². The second kappa shape index (κ2) is 15.1. The fraction of sp³-hybridized carbons (Fsp3) is 0.325. The number of para-hydroxylation sites is 1. The van der Waals surface area contributed by atoms with Gasteiger partial charge in [0.15, 0.2) is 0 Å². The van der Waals surface area contributed by atoms with Crippen LogP contribution in [-0.2, 0) is 11.2 Å². The Morgan fingerprint density at radius 1 is 0.936 bits per heavy atom. The van der Waals surface area contributed by atoms with Gasteiger partial charge < -0.3 is 14.5 Å². The van der Waals surface area contributed by atoms with Crippen LogP contribution in [0.15, 0.2) is 103 Å². The summed E-state index contributed by atoms with van der Waals surface area (Å²) in [7, 11) is 1.66. The maximum atomic E-state index is 14.3. The molecule has 2 heterocycles. The Kier molecular flexibility index (Phi) is 10.4. The third kappa shape index (κ3) is 7.47. The quantitative estimate of drug-likeness (QED) is 0.135. The number of rotatable bonds is 11. The van der Waals surface area contributed by atoms with E-state index in [-0.39, 0.29) is 11.9 Å². The van der Waals surface area contributed by atoms with Gasteiger partial charge in [-0.3, -0.25) is 9.36 Å². The zero-order valence-corrected chi connectivity index (χ0v) is 28.5. The van der Waals surface area contributed by atoms with E-state index in [9.17, 15) is 4.79 Å². The number of hydrogen-bond acceptors (Lipinski definition) is 5. The van der Waals surface area contributed by atoms with E-state index in [1.54, 1.807) is 7.11 Å². The van der Waals surface area contributed by atoms with Gasteiger partial charge in [-0.25, -0.2) is 4.98 Å². The van der Waals surface area contributed by atoms with Crippen LogP contribution in [0.4, 0.5) is 0 Å². The van der Waals surface area contributed by atoms with E-state index in [0.717, 1.165) is 64.4 Å². The molecule has 0 N–H and O–H groups in total. The van der Waals surface area contributed by atoms with Crippen LogP contribution < -0.4 is 4.74 Å². The van der Waals surface area contributed by atoms with Crippen molar-refractivity contribution in [3.63, 3.8) is 0 Å². The summed E-state index contributed by atoms with van der Waals surface area (Å²) in [5.74, 6) is 1.60. The zero-order chi connectivity index (χ0) is 32.8. The van der Waals surface area contributed by atoms with Gasteiger partial charge >= 0.3 is 0 Å². The first-order chi connectivity index (χ1) is 22.9. The molecule has 0 saturated carbocycles. The minimum absolute atomic E-state index is 0.0822. The molecule has 2 unspecified atom stereocenters. The van der Waals surface area contributed by atoms with Crippen LogP contribution in [0.25, 0.3) is 27.7 Å². The average Bonchev–Trinajstić information content (AvgIpc) is 3.11. The second-order valence-electron chi connectivity index (χ2n) is 12.6. The molecule has 1 saturated heterocycles. The Labute approximate surface area is 283 Å². The summed E-state index contributed by atoms with van der Waals surface area (Å²) in [4.78, 5) is 24.1. The molecule has 47 heavy (non-hydrogen) atoms. The fourth-order valence-electron chi connectivity index (χ4n) is 6.74. The molecule has 5 aromatic rings. The van der Waals surface area contributed by atoms with Gasteiger partial charge in [0.2, 0.25) is 5.91 Å². The Morgan fingerprint density at radius 3 is 2.36 bits per heavy atom. The molecule has 2 atom stereocenters. The predicted octanol–water partition coefficient (Wildman–Crippen LogP) is 8.83. The van der Waals surface area contributed by atoms with Gasteiger partial charge in [0.05, 0.1) is 25.1 Å². The number of amides is 1. The molecule has 0 radical (unpaired) electrons. The van der Waals surface area contributed by atoms with E-state index in [4.69, 9.17) is 21.9 Å². The number of piperidine rings is 1. The molecule has 6 rings (SSSR count). The molecule has 4 aromatic carbocycles. The van der Waals surface area contributed by atoms with E-state index >= 15 is 0 Å². The lowest BCUT2D eigenvalue weighted by molar-refractivity contribution is -0.133. The van der Waals surface area contributed by atoms with E-state index in [2.05, 4.69) is 55.1 Å². The number of nitrogens with zero attached hydrogens (tertiary/aromatic N) is 4. The van der Waals surface area contributed by atoms with Crippen LogP contribution in [0.2, 0.25) is 0 Å². The monoisotopic (exact) mass is 644 g/mol. The summed E-state index contributed by atoms with van der Waals surface area (Å²) in [5.41, 5.74) is 5.02. The van der Waals surface area contributed by atoms with Crippen LogP contribution in [0.3, 0.4) is 0 Å². The molecular formula is C40H44N4O2S. The number of likely N-dealkylation sites (tertiary alicyclic amines) is 1. The fourth-order valence-corrected chi connectivity index (χ4v) is 7.11. The Balaban J connectivity index is 1.34. The summed E-state index contributed by atoms with van der Waals surface area (Å²) >= 11 is 6.12. The summed E-state index contributed by atoms with van der Waals surface area (Å²) in [6, 6.07) is 34.8. The van der Waals surface area contributed by atoms with Crippen molar-refractivity contribution in [2.24, 2.45) is 0 Å². The first kappa shape index (κ1) is 32.6. The van der Waals surface area contributed by atoms with Crippen molar-refractivity contribution in [2.45, 2.75) is 58.0 Å². The van der Waals surface area contributed by atoms with Crippen molar-refractivity contribution in [3.05, 3.63) is 119 Å². The SMILES string of the molecule is COc1ccc(-n2c(C(C)N(CCCN3CCCCC3C)C(=O)Cc3ccc(-c4ccccc4)cc3)nc3ccccc3c2=S)cc1. The molecular weight excluding hydrogens is 601 g/mol. The smallest absolute Gasteiger partial charge is 0.227 e. The molecule has 7 heteroatoms. The molecule has 1 aliphatic heterocycles. The van der Waals surface area contributed by atoms with Gasteiger partial charge in [-0.1, -0.05) is 85.4 Å².